The van der Waals surface area contributed by atoms with Gasteiger partial charge in [-0.25, -0.2) is 19.9 Å². The second-order valence-electron chi connectivity index (χ2n) is 27.9. The molecule has 110 heavy (non-hydrogen) atoms. The molecular formula is C96H58BBrN8O4. The van der Waals surface area contributed by atoms with Crippen molar-refractivity contribution in [1.82, 2.24) is 38.2 Å². The number of aromatic nitrogens is 8. The maximum atomic E-state index is 9.68. The summed E-state index contributed by atoms with van der Waals surface area (Å²) in [4.78, 5) is 20.4. The standard InChI is InChI=1S/C48H28N4O.C26H18BN3O2.C22H12BrNO/c1-2-12-29(13-3-1)46-36-15-4-6-19-38(36)49-48(50-46)52-39-20-7-5-14-32(39)37-28-30(24-26-40(37)52)31-25-27-42-45-33(31)16-10-17-34(45)35-18-11-23-44-47(35)51(42)41-21-8-9-22-43(41)53-44;31-27(32)18-14-15-24-21(16-18)19-10-5-7-13-23(19)30(24)26-28-22-12-6-4-11-20(22)25(29-26)17-8-2-1-3-9-17;23-16-11-12-18-21-13(5-3-7-15(16)21)14-6-4-10-20-22(14)24(18)17-8-1-2-9-19(17)25-20/h1-28H;1-16,31-32H;1-12H. The number of benzene rings is 16. The molecule has 516 valence electrons. The van der Waals surface area contributed by atoms with Gasteiger partial charge < -0.3 is 28.0 Å². The summed E-state index contributed by atoms with van der Waals surface area (Å²) in [7, 11) is -1.52. The summed E-state index contributed by atoms with van der Waals surface area (Å²) in [5.41, 5.74) is 22.7. The fraction of sp³-hybridized carbons (Fsp3) is 0. The summed E-state index contributed by atoms with van der Waals surface area (Å²) in [6.45, 7) is 0. The molecule has 16 aromatic carbocycles. The van der Waals surface area contributed by atoms with E-state index in [4.69, 9.17) is 28.8 Å². The molecule has 0 saturated heterocycles. The Morgan fingerprint density at radius 3 is 1.20 bits per heavy atom. The van der Waals surface area contributed by atoms with Crippen LogP contribution >= 0.6 is 15.9 Å². The van der Waals surface area contributed by atoms with E-state index < -0.39 is 7.12 Å². The van der Waals surface area contributed by atoms with E-state index in [1.807, 2.05) is 126 Å². The maximum absolute atomic E-state index is 9.68. The Kier molecular flexibility index (Phi) is 14.4. The molecular weight excluding hydrogens is 1420 g/mol. The van der Waals surface area contributed by atoms with Crippen molar-refractivity contribution in [3.05, 3.63) is 344 Å². The molecule has 0 spiro atoms. The molecule has 14 heteroatoms. The van der Waals surface area contributed by atoms with E-state index in [9.17, 15) is 10.0 Å². The van der Waals surface area contributed by atoms with E-state index in [1.165, 1.54) is 54.2 Å². The predicted octanol–water partition coefficient (Wildman–Crippen LogP) is 23.5. The highest BCUT2D eigenvalue weighted by Crippen LogP contribution is 2.47. The van der Waals surface area contributed by atoms with Gasteiger partial charge in [-0.3, -0.25) is 9.13 Å². The van der Waals surface area contributed by atoms with Crippen LogP contribution in [0.25, 0.3) is 210 Å². The fourth-order valence-corrected chi connectivity index (χ4v) is 17.5. The highest BCUT2D eigenvalue weighted by atomic mass is 79.9. The highest BCUT2D eigenvalue weighted by molar-refractivity contribution is 9.10. The number of hydrogen-bond acceptors (Lipinski definition) is 8. The minimum Gasteiger partial charge on any atom is -0.453 e. The minimum absolute atomic E-state index is 0.449. The summed E-state index contributed by atoms with van der Waals surface area (Å²) in [6.07, 6.45) is 0. The Morgan fingerprint density at radius 1 is 0.264 bits per heavy atom. The molecule has 24 rings (SSSR count). The van der Waals surface area contributed by atoms with Crippen molar-refractivity contribution in [1.29, 1.82) is 0 Å². The monoisotopic (exact) mass is 1480 g/mol. The van der Waals surface area contributed by atoms with Gasteiger partial charge in [0.25, 0.3) is 0 Å². The van der Waals surface area contributed by atoms with Crippen molar-refractivity contribution in [2.24, 2.45) is 0 Å². The first-order valence-electron chi connectivity index (χ1n) is 36.6. The summed E-state index contributed by atoms with van der Waals surface area (Å²) in [5.74, 6) is 1.23. The van der Waals surface area contributed by atoms with Gasteiger partial charge in [0.2, 0.25) is 11.9 Å². The van der Waals surface area contributed by atoms with Crippen LogP contribution in [-0.4, -0.2) is 55.4 Å². The SMILES string of the molecule is Brc1ccc2c3c1cccc3c1cccc3oc4ccccc4n2-c31.OB(O)c1ccc2c(c1)c1ccccc1n2-c1nc(-c2ccccc2)c2ccccc2n1.c1ccc(-c2nc(-n3c4ccccc4c4cc(-c5ccc6c7c5cccc7c5cccc7oc8ccccc8n6-c75)ccc43)nc3ccccc23)cc1. The number of para-hydroxylation sites is 10. The highest BCUT2D eigenvalue weighted by Gasteiger charge is 2.26. The number of fused-ring (bicyclic) bond motifs is 16. The van der Waals surface area contributed by atoms with Crippen molar-refractivity contribution in [2.45, 2.75) is 0 Å². The second-order valence-corrected chi connectivity index (χ2v) is 28.7. The third-order valence-electron chi connectivity index (χ3n) is 21.8. The zero-order valence-electron chi connectivity index (χ0n) is 58.6. The van der Waals surface area contributed by atoms with Gasteiger partial charge in [-0.1, -0.05) is 259 Å². The summed E-state index contributed by atoms with van der Waals surface area (Å²) in [5, 5.41) is 35.5. The molecule has 0 radical (unpaired) electrons. The lowest BCUT2D eigenvalue weighted by atomic mass is 9.80. The average molecular weight is 1480 g/mol. The Bertz CT molecular complexity index is 7810. The number of hydrogen-bond donors (Lipinski definition) is 2. The van der Waals surface area contributed by atoms with E-state index >= 15 is 0 Å². The number of nitrogens with zero attached hydrogens (tertiary/aromatic N) is 8. The van der Waals surface area contributed by atoms with Crippen molar-refractivity contribution in [2.75, 3.05) is 0 Å². The summed E-state index contributed by atoms with van der Waals surface area (Å²) < 4.78 is 22.7. The molecule has 0 atom stereocenters. The molecule has 4 aromatic heterocycles. The third kappa shape index (κ3) is 9.80. The van der Waals surface area contributed by atoms with Crippen molar-refractivity contribution in [3.8, 4) is 56.9 Å². The molecule has 0 fully saturated rings. The first-order chi connectivity index (χ1) is 54.3. The normalized spacial score (nSPS) is 12.0. The lowest BCUT2D eigenvalue weighted by Gasteiger charge is -2.23. The zero-order chi connectivity index (χ0) is 72.8. The Hall–Kier alpha value is -14.0. The largest absolute Gasteiger partial charge is 0.488 e. The second kappa shape index (κ2) is 25.1. The lowest BCUT2D eigenvalue weighted by Crippen LogP contribution is -2.29. The van der Waals surface area contributed by atoms with Gasteiger partial charge >= 0.3 is 7.12 Å². The lowest BCUT2D eigenvalue weighted by molar-refractivity contribution is 0.426. The van der Waals surface area contributed by atoms with E-state index in [1.54, 1.807) is 6.07 Å². The van der Waals surface area contributed by atoms with Gasteiger partial charge in [-0.05, 0) is 135 Å². The Morgan fingerprint density at radius 2 is 0.655 bits per heavy atom. The first-order valence-corrected chi connectivity index (χ1v) is 37.4. The van der Waals surface area contributed by atoms with Crippen LogP contribution in [0, 0.1) is 0 Å². The third-order valence-corrected chi connectivity index (χ3v) is 22.5. The van der Waals surface area contributed by atoms with Crippen LogP contribution in [0.4, 0.5) is 0 Å². The van der Waals surface area contributed by atoms with E-state index in [-0.39, 0.29) is 0 Å². The van der Waals surface area contributed by atoms with E-state index in [0.717, 1.165) is 148 Å². The Balaban J connectivity index is 0.000000111. The summed E-state index contributed by atoms with van der Waals surface area (Å²) >= 11 is 3.72. The molecule has 0 aliphatic carbocycles. The van der Waals surface area contributed by atoms with Crippen LogP contribution in [0.15, 0.2) is 353 Å². The van der Waals surface area contributed by atoms with E-state index in [0.29, 0.717) is 17.4 Å². The smallest absolute Gasteiger partial charge is 0.453 e. The Labute approximate surface area is 635 Å². The number of rotatable bonds is 6. The van der Waals surface area contributed by atoms with Crippen LogP contribution in [0.5, 0.6) is 0 Å². The van der Waals surface area contributed by atoms with Gasteiger partial charge in [0, 0.05) is 69.5 Å². The van der Waals surface area contributed by atoms with Gasteiger partial charge in [0.1, 0.15) is 0 Å². The van der Waals surface area contributed by atoms with Gasteiger partial charge in [-0.15, -0.1) is 0 Å². The molecule has 20 aromatic rings. The van der Waals surface area contributed by atoms with Crippen LogP contribution in [0.2, 0.25) is 0 Å². The van der Waals surface area contributed by atoms with Gasteiger partial charge in [-0.2, -0.15) is 0 Å². The quantitative estimate of drug-likeness (QED) is 0.0954. The minimum atomic E-state index is -1.52. The van der Waals surface area contributed by atoms with Crippen LogP contribution in [-0.2, 0) is 0 Å². The fourth-order valence-electron chi connectivity index (χ4n) is 17.0. The topological polar surface area (TPSA) is 138 Å². The van der Waals surface area contributed by atoms with Crippen LogP contribution in [0.1, 0.15) is 0 Å². The maximum Gasteiger partial charge on any atom is 0.488 e. The van der Waals surface area contributed by atoms with Crippen molar-refractivity contribution < 1.29 is 18.9 Å². The molecule has 0 bridgehead atoms. The zero-order valence-corrected chi connectivity index (χ0v) is 60.2. The first kappa shape index (κ1) is 63.3. The van der Waals surface area contributed by atoms with Crippen LogP contribution in [0.3, 0.4) is 0 Å². The molecule has 4 aliphatic rings. The molecule has 0 amide bonds. The predicted molar refractivity (Wildman–Crippen MR) is 454 cm³/mol. The van der Waals surface area contributed by atoms with Crippen molar-refractivity contribution in [3.63, 3.8) is 0 Å². The molecule has 2 N–H and O–H groups in total. The molecule has 12 nitrogen and oxygen atoms in total. The van der Waals surface area contributed by atoms with Crippen LogP contribution < -0.4 is 5.46 Å². The molecule has 4 aliphatic heterocycles. The number of pyridine rings is 2. The molecule has 0 saturated carbocycles. The summed E-state index contributed by atoms with van der Waals surface area (Å²) in [6, 6.07) is 117. The van der Waals surface area contributed by atoms with Gasteiger partial charge in [0.15, 0.2) is 22.3 Å². The molecule has 0 unspecified atom stereocenters. The molecule has 8 heterocycles. The van der Waals surface area contributed by atoms with Gasteiger partial charge in [0.05, 0.1) is 77.9 Å². The van der Waals surface area contributed by atoms with E-state index in [2.05, 4.69) is 242 Å². The number of halogens is 1. The average Bonchev–Trinajstić information content (AvgIpc) is 0.891. The van der Waals surface area contributed by atoms with Crippen molar-refractivity contribution >= 4 is 181 Å².